The van der Waals surface area contributed by atoms with Gasteiger partial charge in [-0.1, -0.05) is 18.2 Å². The molecule has 0 unspecified atom stereocenters. The molecule has 148 valence electrons. The standard InChI is InChI=1S/C21H27N5O2/c27-19-7-10-21(14-25(19)12-8-18-13-22-16-23-18)9-4-11-26(15-21)20(28)24-17-5-2-1-3-6-17/h1-3,5-6,13,16H,4,7-12,14-15H2,(H,22,23)(H,24,28)/t21-/m0/s1. The van der Waals surface area contributed by atoms with Gasteiger partial charge in [-0.05, 0) is 31.4 Å². The predicted molar refractivity (Wildman–Crippen MR) is 107 cm³/mol. The van der Waals surface area contributed by atoms with Crippen LogP contribution in [0, 0.1) is 5.41 Å². The summed E-state index contributed by atoms with van der Waals surface area (Å²) in [4.78, 5) is 36.2. The molecule has 28 heavy (non-hydrogen) atoms. The maximum Gasteiger partial charge on any atom is 0.321 e. The van der Waals surface area contributed by atoms with Gasteiger partial charge in [0.05, 0.1) is 6.33 Å². The van der Waals surface area contributed by atoms with Gasteiger partial charge in [-0.25, -0.2) is 9.78 Å². The molecule has 7 heteroatoms. The molecule has 1 aromatic heterocycles. The molecule has 1 atom stereocenters. The van der Waals surface area contributed by atoms with E-state index in [4.69, 9.17) is 0 Å². The number of hydrogen-bond donors (Lipinski definition) is 2. The van der Waals surface area contributed by atoms with Gasteiger partial charge in [-0.3, -0.25) is 4.79 Å². The summed E-state index contributed by atoms with van der Waals surface area (Å²) in [7, 11) is 0. The van der Waals surface area contributed by atoms with E-state index in [1.807, 2.05) is 40.1 Å². The first kappa shape index (κ1) is 18.5. The fraction of sp³-hybridized carbons (Fsp3) is 0.476. The maximum atomic E-state index is 12.7. The molecule has 0 radical (unpaired) electrons. The van der Waals surface area contributed by atoms with Gasteiger partial charge in [-0.2, -0.15) is 0 Å². The van der Waals surface area contributed by atoms with Crippen molar-refractivity contribution in [3.8, 4) is 0 Å². The van der Waals surface area contributed by atoms with Crippen molar-refractivity contribution in [3.63, 3.8) is 0 Å². The largest absolute Gasteiger partial charge is 0.348 e. The Kier molecular flexibility index (Phi) is 5.32. The fourth-order valence-corrected chi connectivity index (χ4v) is 4.42. The number of aromatic amines is 1. The average Bonchev–Trinajstić information content (AvgIpc) is 3.23. The Hall–Kier alpha value is -2.83. The number of para-hydroxylation sites is 1. The van der Waals surface area contributed by atoms with Crippen molar-refractivity contribution >= 4 is 17.6 Å². The minimum atomic E-state index is -0.0498. The lowest BCUT2D eigenvalue weighted by molar-refractivity contribution is -0.138. The molecule has 1 aromatic carbocycles. The number of anilines is 1. The summed E-state index contributed by atoms with van der Waals surface area (Å²) in [5.74, 6) is 0.219. The van der Waals surface area contributed by atoms with Gasteiger partial charge in [0.1, 0.15) is 0 Å². The van der Waals surface area contributed by atoms with E-state index in [1.54, 1.807) is 12.5 Å². The first-order chi connectivity index (χ1) is 13.6. The zero-order chi connectivity index (χ0) is 19.4. The van der Waals surface area contributed by atoms with Crippen LogP contribution in [-0.4, -0.2) is 57.9 Å². The molecule has 2 aliphatic heterocycles. The van der Waals surface area contributed by atoms with Gasteiger partial charge >= 0.3 is 6.03 Å². The molecule has 2 aliphatic rings. The average molecular weight is 381 g/mol. The first-order valence-corrected chi connectivity index (χ1v) is 10.00. The lowest BCUT2D eigenvalue weighted by atomic mass is 9.73. The van der Waals surface area contributed by atoms with Crippen molar-refractivity contribution in [1.29, 1.82) is 0 Å². The van der Waals surface area contributed by atoms with Gasteiger partial charge in [0.2, 0.25) is 5.91 Å². The van der Waals surface area contributed by atoms with E-state index in [0.29, 0.717) is 19.5 Å². The van der Waals surface area contributed by atoms with Crippen molar-refractivity contribution < 1.29 is 9.59 Å². The van der Waals surface area contributed by atoms with Crippen LogP contribution < -0.4 is 5.32 Å². The third-order valence-electron chi connectivity index (χ3n) is 5.93. The monoisotopic (exact) mass is 381 g/mol. The SMILES string of the molecule is O=C1CC[C@@]2(CCCN(C(=O)Nc3ccccc3)C2)CN1CCc1cnc[nH]1. The molecule has 3 heterocycles. The number of imidazole rings is 1. The number of carbonyl (C=O) groups is 2. The minimum absolute atomic E-state index is 0.00811. The number of aromatic nitrogens is 2. The zero-order valence-corrected chi connectivity index (χ0v) is 16.1. The van der Waals surface area contributed by atoms with E-state index in [9.17, 15) is 9.59 Å². The van der Waals surface area contributed by atoms with E-state index in [-0.39, 0.29) is 17.4 Å². The van der Waals surface area contributed by atoms with E-state index in [2.05, 4.69) is 15.3 Å². The highest BCUT2D eigenvalue weighted by molar-refractivity contribution is 5.89. The number of carbonyl (C=O) groups excluding carboxylic acids is 2. The van der Waals surface area contributed by atoms with Crippen LogP contribution in [0.25, 0.3) is 0 Å². The number of amides is 3. The second-order valence-electron chi connectivity index (χ2n) is 7.96. The second kappa shape index (κ2) is 8.04. The fourth-order valence-electron chi connectivity index (χ4n) is 4.42. The van der Waals surface area contributed by atoms with E-state index in [0.717, 1.165) is 50.2 Å². The van der Waals surface area contributed by atoms with Gasteiger partial charge in [-0.15, -0.1) is 0 Å². The number of piperidine rings is 2. The summed E-state index contributed by atoms with van der Waals surface area (Å²) in [6.07, 6.45) is 7.72. The van der Waals surface area contributed by atoms with Gasteiger partial charge in [0, 0.05) is 62.0 Å². The Labute approximate surface area is 165 Å². The molecular formula is C21H27N5O2. The normalized spacial score (nSPS) is 22.5. The second-order valence-corrected chi connectivity index (χ2v) is 7.96. The van der Waals surface area contributed by atoms with Crippen LogP contribution in [0.15, 0.2) is 42.9 Å². The number of nitrogens with one attached hydrogen (secondary N) is 2. The van der Waals surface area contributed by atoms with Gasteiger partial charge in [0.25, 0.3) is 0 Å². The molecule has 2 fully saturated rings. The van der Waals surface area contributed by atoms with Crippen molar-refractivity contribution in [2.75, 3.05) is 31.5 Å². The number of H-pyrrole nitrogens is 1. The molecule has 2 saturated heterocycles. The van der Waals surface area contributed by atoms with E-state index >= 15 is 0 Å². The quantitative estimate of drug-likeness (QED) is 0.854. The Morgan fingerprint density at radius 3 is 2.86 bits per heavy atom. The summed E-state index contributed by atoms with van der Waals surface area (Å²) in [6, 6.07) is 9.51. The number of urea groups is 1. The van der Waals surface area contributed by atoms with Crippen LogP contribution in [0.1, 0.15) is 31.4 Å². The van der Waals surface area contributed by atoms with Gasteiger partial charge in [0.15, 0.2) is 0 Å². The summed E-state index contributed by atoms with van der Waals surface area (Å²) in [5, 5.41) is 2.99. The van der Waals surface area contributed by atoms with Crippen LogP contribution in [0.2, 0.25) is 0 Å². The van der Waals surface area contributed by atoms with Crippen LogP contribution in [0.5, 0.6) is 0 Å². The zero-order valence-electron chi connectivity index (χ0n) is 16.1. The Bertz CT molecular complexity index is 807. The third-order valence-corrected chi connectivity index (χ3v) is 5.93. The predicted octanol–water partition coefficient (Wildman–Crippen LogP) is 2.89. The molecular weight excluding hydrogens is 354 g/mol. The summed E-state index contributed by atoms with van der Waals surface area (Å²) < 4.78 is 0. The number of benzene rings is 1. The smallest absolute Gasteiger partial charge is 0.321 e. The van der Waals surface area contributed by atoms with Crippen LogP contribution in [-0.2, 0) is 11.2 Å². The topological polar surface area (TPSA) is 81.3 Å². The Balaban J connectivity index is 1.38. The molecule has 4 rings (SSSR count). The van der Waals surface area contributed by atoms with Crippen molar-refractivity contribution in [1.82, 2.24) is 19.8 Å². The first-order valence-electron chi connectivity index (χ1n) is 10.00. The van der Waals surface area contributed by atoms with E-state index in [1.165, 1.54) is 0 Å². The highest BCUT2D eigenvalue weighted by Gasteiger charge is 2.42. The summed E-state index contributed by atoms with van der Waals surface area (Å²) in [5.41, 5.74) is 1.86. The Morgan fingerprint density at radius 2 is 2.07 bits per heavy atom. The number of nitrogens with zero attached hydrogens (tertiary/aromatic N) is 3. The molecule has 3 amide bonds. The summed E-state index contributed by atoms with van der Waals surface area (Å²) in [6.45, 7) is 2.90. The third kappa shape index (κ3) is 4.18. The van der Waals surface area contributed by atoms with Crippen molar-refractivity contribution in [3.05, 3.63) is 48.5 Å². The van der Waals surface area contributed by atoms with Crippen molar-refractivity contribution in [2.24, 2.45) is 5.41 Å². The molecule has 7 nitrogen and oxygen atoms in total. The number of likely N-dealkylation sites (tertiary alicyclic amines) is 2. The molecule has 0 bridgehead atoms. The number of hydrogen-bond acceptors (Lipinski definition) is 3. The van der Waals surface area contributed by atoms with E-state index < -0.39 is 0 Å². The number of rotatable bonds is 4. The molecule has 0 saturated carbocycles. The van der Waals surface area contributed by atoms with Crippen molar-refractivity contribution in [2.45, 2.75) is 32.1 Å². The lowest BCUT2D eigenvalue weighted by Crippen LogP contribution is -2.56. The van der Waals surface area contributed by atoms with Crippen LogP contribution in [0.4, 0.5) is 10.5 Å². The van der Waals surface area contributed by atoms with Gasteiger partial charge < -0.3 is 20.1 Å². The Morgan fingerprint density at radius 1 is 1.21 bits per heavy atom. The molecule has 2 aromatic rings. The lowest BCUT2D eigenvalue weighted by Gasteiger charge is -2.48. The molecule has 0 aliphatic carbocycles. The maximum absolute atomic E-state index is 12.7. The highest BCUT2D eigenvalue weighted by Crippen LogP contribution is 2.39. The van der Waals surface area contributed by atoms with Crippen LogP contribution in [0.3, 0.4) is 0 Å². The highest BCUT2D eigenvalue weighted by atomic mass is 16.2. The van der Waals surface area contributed by atoms with Crippen LogP contribution >= 0.6 is 0 Å². The summed E-state index contributed by atoms with van der Waals surface area (Å²) >= 11 is 0. The molecule has 1 spiro atoms. The molecule has 2 N–H and O–H groups in total. The minimum Gasteiger partial charge on any atom is -0.348 e.